The van der Waals surface area contributed by atoms with Gasteiger partial charge in [-0.2, -0.15) is 0 Å². The van der Waals surface area contributed by atoms with Crippen LogP contribution in [0.4, 0.5) is 0 Å². The van der Waals surface area contributed by atoms with Gasteiger partial charge in [-0.25, -0.2) is 0 Å². The van der Waals surface area contributed by atoms with Gasteiger partial charge in [0.1, 0.15) is 0 Å². The van der Waals surface area contributed by atoms with E-state index in [2.05, 4.69) is 0 Å². The van der Waals surface area contributed by atoms with Gasteiger partial charge in [0.05, 0.1) is 11.9 Å². The second-order valence-corrected chi connectivity index (χ2v) is 11.0. The molecule has 0 spiro atoms. The van der Waals surface area contributed by atoms with Crippen LogP contribution in [0.15, 0.2) is 11.8 Å². The molecular formula is C27H46EuN2O2. The van der Waals surface area contributed by atoms with Gasteiger partial charge >= 0.3 is 49.4 Å². The molecule has 2 heterocycles. The third kappa shape index (κ3) is 7.75. The zero-order valence-corrected chi connectivity index (χ0v) is 22.4. The second-order valence-electron chi connectivity index (χ2n) is 11.0. The average Bonchev–Trinajstić information content (AvgIpc) is 2.85. The van der Waals surface area contributed by atoms with E-state index in [1.54, 1.807) is 6.08 Å². The smallest absolute Gasteiger partial charge is 0.660 e. The van der Waals surface area contributed by atoms with E-state index in [1.807, 2.05) is 0 Å². The molecule has 5 aliphatic rings. The number of allylic oxidation sites excluding steroid dienone is 1. The summed E-state index contributed by atoms with van der Waals surface area (Å²) in [5.41, 5.74) is 0. The van der Waals surface area contributed by atoms with Gasteiger partial charge in [0.2, 0.25) is 0 Å². The Balaban J connectivity index is 0.000000178. The summed E-state index contributed by atoms with van der Waals surface area (Å²) in [6, 6.07) is 1.26. The maximum atomic E-state index is 10.1. The van der Waals surface area contributed by atoms with Gasteiger partial charge in [0.25, 0.3) is 0 Å². The van der Waals surface area contributed by atoms with Crippen LogP contribution in [0.1, 0.15) is 103 Å². The van der Waals surface area contributed by atoms with Crippen molar-refractivity contribution in [3.05, 3.63) is 22.5 Å². The van der Waals surface area contributed by atoms with Crippen molar-refractivity contribution >= 4 is 0 Å². The Morgan fingerprint density at radius 2 is 1.16 bits per heavy atom. The molecule has 0 aromatic rings. The van der Waals surface area contributed by atoms with Crippen molar-refractivity contribution in [1.82, 2.24) is 0 Å². The fraction of sp³-hybridized carbons (Fsp3) is 0.926. The maximum Gasteiger partial charge on any atom is 2.00 e. The number of hydrogen-bond acceptors (Lipinski definition) is 2. The van der Waals surface area contributed by atoms with Crippen LogP contribution in [-0.4, -0.2) is 41.5 Å². The first-order valence-electron chi connectivity index (χ1n) is 13.6. The minimum atomic E-state index is -0.419. The number of nitrogens with zero attached hydrogens (tertiary/aromatic N) is 2. The molecule has 0 aromatic heterocycles. The molecule has 0 bridgehead atoms. The standard InChI is InChI=1S/C15H26O2.C12H20N2.Eu/c16-14(12-7-3-1-4-8-12)11-15(17)13-9-5-2-6-10-13;1-3-9-5-6-10-4-2-8-14-12(10)11(9)13-7-1;/h11-14,16-17H,1-10H2;9-12H,1-8H2;/q;-2;+2/b15-11-;;. The quantitative estimate of drug-likeness (QED) is 0.351. The molecule has 2 aliphatic heterocycles. The van der Waals surface area contributed by atoms with Gasteiger partial charge in [-0.15, -0.1) is 25.2 Å². The predicted molar refractivity (Wildman–Crippen MR) is 129 cm³/mol. The number of piperidine rings is 2. The van der Waals surface area contributed by atoms with Crippen LogP contribution in [0.2, 0.25) is 0 Å². The van der Waals surface area contributed by atoms with Crippen LogP contribution in [0, 0.1) is 73.0 Å². The zero-order chi connectivity index (χ0) is 21.5. The minimum absolute atomic E-state index is 0. The molecule has 0 amide bonds. The monoisotopic (exact) mass is 583 g/mol. The van der Waals surface area contributed by atoms with Gasteiger partial charge in [0, 0.05) is 5.92 Å². The average molecular weight is 583 g/mol. The summed E-state index contributed by atoms with van der Waals surface area (Å²) in [6.07, 6.45) is 21.7. The van der Waals surface area contributed by atoms with E-state index in [0.29, 0.717) is 29.7 Å². The number of hydrogen-bond donors (Lipinski definition) is 2. The van der Waals surface area contributed by atoms with E-state index in [0.717, 1.165) is 50.6 Å². The van der Waals surface area contributed by atoms with Crippen molar-refractivity contribution in [2.24, 2.45) is 23.7 Å². The van der Waals surface area contributed by atoms with Gasteiger partial charge in [-0.3, -0.25) is 0 Å². The van der Waals surface area contributed by atoms with E-state index < -0.39 is 6.10 Å². The van der Waals surface area contributed by atoms with Crippen LogP contribution in [0.3, 0.4) is 0 Å². The molecule has 5 unspecified atom stereocenters. The van der Waals surface area contributed by atoms with E-state index >= 15 is 0 Å². The molecule has 2 saturated heterocycles. The minimum Gasteiger partial charge on any atom is -0.660 e. The first-order chi connectivity index (χ1) is 15.2. The Morgan fingerprint density at radius 1 is 0.656 bits per heavy atom. The van der Waals surface area contributed by atoms with Gasteiger partial charge < -0.3 is 20.8 Å². The molecule has 183 valence electrons. The van der Waals surface area contributed by atoms with Crippen molar-refractivity contribution in [1.29, 1.82) is 0 Å². The number of aliphatic hydroxyl groups excluding tert-OH is 2. The third-order valence-electron chi connectivity index (χ3n) is 8.87. The zero-order valence-electron chi connectivity index (χ0n) is 20.0. The molecule has 0 aromatic carbocycles. The molecule has 1 radical (unpaired) electrons. The van der Waals surface area contributed by atoms with Gasteiger partial charge in [-0.05, 0) is 37.7 Å². The molecule has 5 fully saturated rings. The summed E-state index contributed by atoms with van der Waals surface area (Å²) in [4.78, 5) is 0. The Hall–Kier alpha value is 1.00. The van der Waals surface area contributed by atoms with E-state index in [4.69, 9.17) is 10.6 Å². The molecule has 3 aliphatic carbocycles. The van der Waals surface area contributed by atoms with Crippen molar-refractivity contribution in [3.8, 4) is 0 Å². The predicted octanol–water partition coefficient (Wildman–Crippen LogP) is 7.03. The van der Waals surface area contributed by atoms with Crippen LogP contribution in [0.25, 0.3) is 10.6 Å². The first-order valence-corrected chi connectivity index (χ1v) is 13.6. The summed E-state index contributed by atoms with van der Waals surface area (Å²) in [5.74, 6) is 2.96. The molecule has 2 N–H and O–H groups in total. The third-order valence-corrected chi connectivity index (χ3v) is 8.87. The Labute approximate surface area is 237 Å². The Bertz CT molecular complexity index is 538. The van der Waals surface area contributed by atoms with E-state index in [1.165, 1.54) is 77.0 Å². The van der Waals surface area contributed by atoms with E-state index in [9.17, 15) is 10.2 Å². The fourth-order valence-electron chi connectivity index (χ4n) is 6.98. The summed E-state index contributed by atoms with van der Waals surface area (Å²) >= 11 is 0. The van der Waals surface area contributed by atoms with Crippen molar-refractivity contribution in [2.75, 3.05) is 13.1 Å². The summed E-state index contributed by atoms with van der Waals surface area (Å²) in [6.45, 7) is 2.22. The van der Waals surface area contributed by atoms with Crippen LogP contribution >= 0.6 is 0 Å². The topological polar surface area (TPSA) is 68.7 Å². The summed E-state index contributed by atoms with van der Waals surface area (Å²) in [7, 11) is 0. The summed E-state index contributed by atoms with van der Waals surface area (Å²) < 4.78 is 0. The first kappa shape index (κ1) is 27.6. The molecular weight excluding hydrogens is 536 g/mol. The van der Waals surface area contributed by atoms with Crippen LogP contribution in [0.5, 0.6) is 0 Å². The number of rotatable bonds is 3. The summed E-state index contributed by atoms with van der Waals surface area (Å²) in [5, 5.41) is 29.9. The van der Waals surface area contributed by atoms with E-state index in [-0.39, 0.29) is 49.4 Å². The maximum absolute atomic E-state index is 10.1. The Morgan fingerprint density at radius 3 is 1.69 bits per heavy atom. The molecule has 5 rings (SSSR count). The molecule has 32 heavy (non-hydrogen) atoms. The van der Waals surface area contributed by atoms with Crippen LogP contribution in [-0.2, 0) is 0 Å². The second kappa shape index (κ2) is 14.5. The normalized spacial score (nSPS) is 35.3. The fourth-order valence-corrected chi connectivity index (χ4v) is 6.98. The van der Waals surface area contributed by atoms with Crippen molar-refractivity contribution in [2.45, 2.75) is 121 Å². The van der Waals surface area contributed by atoms with Crippen molar-refractivity contribution < 1.29 is 59.6 Å². The largest absolute Gasteiger partial charge is 2.00 e. The molecule has 5 atom stereocenters. The number of aliphatic hydroxyl groups is 2. The SMILES string of the molecule is C1C[N-]C2C(C1)CCC1CCC[N-]C12.O/C(=C\C(O)C1CCCCC1)C1CCCCC1.[Eu+2]. The van der Waals surface area contributed by atoms with Crippen molar-refractivity contribution in [3.63, 3.8) is 0 Å². The van der Waals surface area contributed by atoms with Gasteiger partial charge in [-0.1, -0.05) is 88.9 Å². The molecule has 5 heteroatoms. The number of fused-ring (bicyclic) bond motifs is 3. The Kier molecular flexibility index (Phi) is 12.5. The van der Waals surface area contributed by atoms with Crippen LogP contribution < -0.4 is 0 Å². The van der Waals surface area contributed by atoms with Gasteiger partial charge in [0.15, 0.2) is 0 Å². The molecule has 4 nitrogen and oxygen atoms in total. The molecule has 3 saturated carbocycles.